The molecule has 1 aromatic carbocycles. The van der Waals surface area contributed by atoms with Crippen molar-refractivity contribution in [3.05, 3.63) is 53.0 Å². The minimum absolute atomic E-state index is 0. The summed E-state index contributed by atoms with van der Waals surface area (Å²) >= 11 is 0. The summed E-state index contributed by atoms with van der Waals surface area (Å²) in [6.45, 7) is 3.01. The van der Waals surface area contributed by atoms with Gasteiger partial charge in [-0.1, -0.05) is 36.9 Å². The molecule has 0 radical (unpaired) electrons. The first-order chi connectivity index (χ1) is 7.82. The Labute approximate surface area is 155 Å². The summed E-state index contributed by atoms with van der Waals surface area (Å²) in [6, 6.07) is 7.96. The number of carbonyl (C=O) groups excluding carboxylic acids is 1. The van der Waals surface area contributed by atoms with Crippen LogP contribution in [0.1, 0.15) is 5.56 Å². The molecule has 0 atom stereocenters. The zero-order valence-corrected chi connectivity index (χ0v) is 15.4. The maximum absolute atomic E-state index is 10.9. The Morgan fingerprint density at radius 3 is 2.00 bits per heavy atom. The molecule has 0 heterocycles. The predicted octanol–water partition coefficient (Wildman–Crippen LogP) is -6.11. The van der Waals surface area contributed by atoms with Crippen LogP contribution in [0.3, 0.4) is 0 Å². The largest absolute Gasteiger partial charge is 1.00 e. The molecule has 19 heavy (non-hydrogen) atoms. The first kappa shape index (κ1) is 21.4. The van der Waals surface area contributed by atoms with Gasteiger partial charge in [0.15, 0.2) is 0 Å². The summed E-state index contributed by atoms with van der Waals surface area (Å²) in [4.78, 5) is 9.62. The Morgan fingerprint density at radius 1 is 1.16 bits per heavy atom. The molecule has 8 heteroatoms. The maximum Gasteiger partial charge on any atom is 1.00 e. The predicted molar refractivity (Wildman–Crippen MR) is 58.3 cm³/mol. The molecule has 0 amide bonds. The summed E-state index contributed by atoms with van der Waals surface area (Å²) in [5.41, 5.74) is -0.479. The molecule has 0 aromatic heterocycles. The van der Waals surface area contributed by atoms with Crippen LogP contribution in [0, 0.1) is 0 Å². The average molecular weight is 298 g/mol. The van der Waals surface area contributed by atoms with Gasteiger partial charge < -0.3 is 14.5 Å². The van der Waals surface area contributed by atoms with E-state index in [9.17, 15) is 22.9 Å². The fourth-order valence-electron chi connectivity index (χ4n) is 1.11. The Hall–Kier alpha value is 0.0800. The van der Waals surface area contributed by atoms with Gasteiger partial charge in [0, 0.05) is 5.57 Å². The zero-order chi connectivity index (χ0) is 13.1. The van der Waals surface area contributed by atoms with E-state index in [1.165, 1.54) is 12.1 Å². The maximum atomic E-state index is 10.9. The van der Waals surface area contributed by atoms with Gasteiger partial charge in [-0.15, -0.1) is 0 Å². The fourth-order valence-corrected chi connectivity index (χ4v) is 1.78. The van der Waals surface area contributed by atoms with Gasteiger partial charge >= 0.3 is 59.1 Å². The minimum atomic E-state index is -4.92. The normalized spacial score (nSPS) is 10.9. The monoisotopic (exact) mass is 298 g/mol. The third-order valence-electron chi connectivity index (χ3n) is 1.91. The van der Waals surface area contributed by atoms with Gasteiger partial charge in [0.25, 0.3) is 0 Å². The SMILES string of the molecule is C=C(C(=O)[O-])C(=Cc1ccccc1)S(=O)(=O)[O-].[Na+].[Na+]. The first-order valence-corrected chi connectivity index (χ1v) is 5.86. The third kappa shape index (κ3) is 6.87. The molecule has 1 aromatic rings. The van der Waals surface area contributed by atoms with Gasteiger partial charge in [-0.25, -0.2) is 8.42 Å². The molecular weight excluding hydrogens is 290 g/mol. The van der Waals surface area contributed by atoms with E-state index in [1.807, 2.05) is 0 Å². The number of carboxylic acid groups (broad SMARTS) is 1. The second-order valence-corrected chi connectivity index (χ2v) is 4.49. The van der Waals surface area contributed by atoms with Gasteiger partial charge in [0.05, 0.1) is 10.9 Å². The molecule has 0 saturated heterocycles. The van der Waals surface area contributed by atoms with Crippen molar-refractivity contribution in [3.8, 4) is 0 Å². The van der Waals surface area contributed by atoms with E-state index in [0.717, 1.165) is 6.08 Å². The minimum Gasteiger partial charge on any atom is -0.744 e. The van der Waals surface area contributed by atoms with E-state index in [-0.39, 0.29) is 59.1 Å². The van der Waals surface area contributed by atoms with Crippen molar-refractivity contribution in [3.63, 3.8) is 0 Å². The summed E-state index contributed by atoms with van der Waals surface area (Å²) in [6.07, 6.45) is 0.945. The number of hydrogen-bond donors (Lipinski definition) is 0. The number of rotatable bonds is 4. The summed E-state index contributed by atoms with van der Waals surface area (Å²) in [5, 5.41) is 10.5. The van der Waals surface area contributed by atoms with Crippen LogP contribution in [0.25, 0.3) is 6.08 Å². The molecule has 90 valence electrons. The van der Waals surface area contributed by atoms with Crippen LogP contribution in [0.5, 0.6) is 0 Å². The molecular formula is C11H8Na2O5S. The van der Waals surface area contributed by atoms with Crippen molar-refractivity contribution < 1.29 is 82.0 Å². The van der Waals surface area contributed by atoms with Crippen molar-refractivity contribution in [2.24, 2.45) is 0 Å². The summed E-state index contributed by atoms with van der Waals surface area (Å²) < 4.78 is 32.7. The Kier molecular flexibility index (Phi) is 10.2. The third-order valence-corrected chi connectivity index (χ3v) is 2.81. The van der Waals surface area contributed by atoms with E-state index in [0.29, 0.717) is 5.56 Å². The summed E-state index contributed by atoms with van der Waals surface area (Å²) in [7, 11) is -4.92. The molecule has 0 saturated carbocycles. The molecule has 0 unspecified atom stereocenters. The molecule has 1 rings (SSSR count). The molecule has 0 aliphatic heterocycles. The van der Waals surface area contributed by atoms with Crippen molar-refractivity contribution >= 4 is 22.2 Å². The average Bonchev–Trinajstić information content (AvgIpc) is 2.24. The number of benzene rings is 1. The van der Waals surface area contributed by atoms with Gasteiger partial charge in [0.1, 0.15) is 10.1 Å². The van der Waals surface area contributed by atoms with E-state index in [2.05, 4.69) is 6.58 Å². The Bertz CT molecular complexity index is 578. The second kappa shape index (κ2) is 9.10. The molecule has 0 spiro atoms. The molecule has 0 fully saturated rings. The topological polar surface area (TPSA) is 97.3 Å². The van der Waals surface area contributed by atoms with Gasteiger partial charge in [0.2, 0.25) is 0 Å². The molecule has 0 aliphatic rings. The van der Waals surface area contributed by atoms with Crippen molar-refractivity contribution in [2.45, 2.75) is 0 Å². The summed E-state index contributed by atoms with van der Waals surface area (Å²) in [5.74, 6) is -1.80. The van der Waals surface area contributed by atoms with Gasteiger partial charge in [-0.3, -0.25) is 0 Å². The zero-order valence-electron chi connectivity index (χ0n) is 10.6. The Morgan fingerprint density at radius 2 is 1.63 bits per heavy atom. The standard InChI is InChI=1S/C11H10O5S.2Na/c1-8(11(12)13)10(17(14,15)16)7-9-5-3-2-4-6-9;;/h2-7H,1H2,(H,12,13)(H,14,15,16);;/q;2*+1/p-2. The first-order valence-electron chi connectivity index (χ1n) is 4.45. The van der Waals surface area contributed by atoms with E-state index >= 15 is 0 Å². The molecule has 5 nitrogen and oxygen atoms in total. The van der Waals surface area contributed by atoms with Gasteiger partial charge in [-0.05, 0) is 11.6 Å². The quantitative estimate of drug-likeness (QED) is 0.238. The van der Waals surface area contributed by atoms with E-state index in [4.69, 9.17) is 0 Å². The van der Waals surface area contributed by atoms with Crippen molar-refractivity contribution in [1.82, 2.24) is 0 Å². The molecule has 0 aliphatic carbocycles. The van der Waals surface area contributed by atoms with Crippen LogP contribution in [0.4, 0.5) is 0 Å². The number of carboxylic acids is 1. The van der Waals surface area contributed by atoms with Crippen LogP contribution in [-0.2, 0) is 14.9 Å². The number of hydrogen-bond acceptors (Lipinski definition) is 5. The number of aliphatic carboxylic acids is 1. The van der Waals surface area contributed by atoms with Crippen LogP contribution in [0.2, 0.25) is 0 Å². The van der Waals surface area contributed by atoms with Crippen LogP contribution < -0.4 is 64.2 Å². The fraction of sp³-hybridized carbons (Fsp3) is 0. The Balaban J connectivity index is 0. The van der Waals surface area contributed by atoms with Crippen LogP contribution in [-0.4, -0.2) is 18.9 Å². The number of carbonyl (C=O) groups is 1. The van der Waals surface area contributed by atoms with E-state index < -0.39 is 26.6 Å². The van der Waals surface area contributed by atoms with Crippen molar-refractivity contribution in [2.75, 3.05) is 0 Å². The second-order valence-electron chi connectivity index (χ2n) is 3.14. The molecule has 0 N–H and O–H groups in total. The smallest absolute Gasteiger partial charge is 0.744 e. The van der Waals surface area contributed by atoms with Gasteiger partial charge in [-0.2, -0.15) is 0 Å². The van der Waals surface area contributed by atoms with E-state index in [1.54, 1.807) is 18.2 Å². The van der Waals surface area contributed by atoms with Crippen LogP contribution >= 0.6 is 0 Å². The van der Waals surface area contributed by atoms with Crippen molar-refractivity contribution in [1.29, 1.82) is 0 Å². The molecule has 0 bridgehead atoms. The van der Waals surface area contributed by atoms with Crippen LogP contribution in [0.15, 0.2) is 47.4 Å².